The zero-order valence-corrected chi connectivity index (χ0v) is 14.4. The summed E-state index contributed by atoms with van der Waals surface area (Å²) >= 11 is 0. The van der Waals surface area contributed by atoms with E-state index in [0.29, 0.717) is 27.8 Å². The maximum atomic E-state index is 11.8. The zero-order chi connectivity index (χ0) is 20.0. The third kappa shape index (κ3) is 2.80. The van der Waals surface area contributed by atoms with E-state index in [9.17, 15) is 24.6 Å². The number of hydrogen-bond acceptors (Lipinski definition) is 4. The molecule has 0 amide bonds. The van der Waals surface area contributed by atoms with Gasteiger partial charge in [0.2, 0.25) is 0 Å². The summed E-state index contributed by atoms with van der Waals surface area (Å²) in [6.07, 6.45) is 0. The fourth-order valence-corrected chi connectivity index (χ4v) is 3.28. The van der Waals surface area contributed by atoms with Crippen molar-refractivity contribution in [2.75, 3.05) is 0 Å². The Morgan fingerprint density at radius 2 is 1.64 bits per heavy atom. The molecule has 0 saturated heterocycles. The van der Waals surface area contributed by atoms with Gasteiger partial charge in [-0.25, -0.2) is 9.59 Å². The second kappa shape index (κ2) is 6.33. The van der Waals surface area contributed by atoms with Crippen molar-refractivity contribution in [3.63, 3.8) is 0 Å². The van der Waals surface area contributed by atoms with Crippen molar-refractivity contribution in [2.45, 2.75) is 0 Å². The van der Waals surface area contributed by atoms with Gasteiger partial charge < -0.3 is 20.4 Å². The van der Waals surface area contributed by atoms with Gasteiger partial charge in [0.05, 0.1) is 11.1 Å². The molecule has 0 fully saturated rings. The molecule has 0 spiro atoms. The molecule has 1 heterocycles. The van der Waals surface area contributed by atoms with E-state index < -0.39 is 11.9 Å². The molecule has 0 aromatic heterocycles. The van der Waals surface area contributed by atoms with Gasteiger partial charge in [-0.2, -0.15) is 0 Å². The van der Waals surface area contributed by atoms with Gasteiger partial charge in [-0.05, 0) is 48.0 Å². The Labute approximate surface area is 157 Å². The van der Waals surface area contributed by atoms with Crippen LogP contribution >= 0.6 is 0 Å². The molecule has 7 nitrogen and oxygen atoms in total. The lowest BCUT2D eigenvalue weighted by atomic mass is 9.89. The maximum absolute atomic E-state index is 11.8. The summed E-state index contributed by atoms with van der Waals surface area (Å²) in [5.74, 6) is -2.09. The van der Waals surface area contributed by atoms with E-state index in [1.807, 2.05) is 0 Å². The number of aromatic carboxylic acids is 2. The van der Waals surface area contributed by atoms with Gasteiger partial charge >= 0.3 is 11.9 Å². The average molecular weight is 376 g/mol. The minimum Gasteiger partial charge on any atom is -0.478 e. The van der Waals surface area contributed by atoms with E-state index >= 15 is 0 Å². The molecule has 0 radical (unpaired) electrons. The maximum Gasteiger partial charge on any atom is 0.336 e. The number of rotatable bonds is 3. The fraction of sp³-hybridized carbons (Fsp3) is 0. The second-order valence-corrected chi connectivity index (χ2v) is 6.34. The highest BCUT2D eigenvalue weighted by Crippen LogP contribution is 2.41. The van der Waals surface area contributed by atoms with Gasteiger partial charge in [0.1, 0.15) is 17.0 Å². The van der Waals surface area contributed by atoms with Crippen molar-refractivity contribution in [1.82, 2.24) is 0 Å². The lowest BCUT2D eigenvalue weighted by Gasteiger charge is -2.17. The average Bonchev–Trinajstić information content (AvgIpc) is 2.65. The molecule has 0 atom stereocenters. The van der Waals surface area contributed by atoms with Gasteiger partial charge in [0, 0.05) is 28.6 Å². The largest absolute Gasteiger partial charge is 0.478 e. The molecule has 0 saturated carbocycles. The first-order valence-electron chi connectivity index (χ1n) is 8.29. The molecular formula is C21H14NO6+. The Morgan fingerprint density at radius 1 is 0.857 bits per heavy atom. The second-order valence-electron chi connectivity index (χ2n) is 6.34. The lowest BCUT2D eigenvalue weighted by Crippen LogP contribution is -2.39. The number of benzene rings is 3. The van der Waals surface area contributed by atoms with Crippen molar-refractivity contribution < 1.29 is 30.0 Å². The molecule has 2 aliphatic rings. The van der Waals surface area contributed by atoms with Crippen LogP contribution in [0.5, 0.6) is 0 Å². The van der Waals surface area contributed by atoms with Crippen molar-refractivity contribution >= 4 is 28.6 Å². The third-order valence-electron chi connectivity index (χ3n) is 4.52. The molecule has 2 aromatic rings. The number of fused-ring (bicyclic) bond motifs is 2. The summed E-state index contributed by atoms with van der Waals surface area (Å²) < 4.78 is 5.84. The zero-order valence-electron chi connectivity index (χ0n) is 14.4. The molecule has 5 N–H and O–H groups in total. The molecule has 28 heavy (non-hydrogen) atoms. The van der Waals surface area contributed by atoms with Crippen LogP contribution in [0.25, 0.3) is 33.4 Å². The van der Waals surface area contributed by atoms with Crippen molar-refractivity contribution in [3.05, 3.63) is 75.9 Å². The van der Waals surface area contributed by atoms with Crippen LogP contribution in [-0.2, 0) is 0 Å². The molecule has 0 bridgehead atoms. The summed E-state index contributed by atoms with van der Waals surface area (Å²) in [5.41, 5.74) is 5.82. The molecule has 0 unspecified atom stereocenters. The number of carbonyl (C=O) groups is 2. The first-order chi connectivity index (χ1) is 13.3. The highest BCUT2D eigenvalue weighted by Gasteiger charge is 2.23. The molecule has 7 heteroatoms. The Hall–Kier alpha value is -3.97. The van der Waals surface area contributed by atoms with E-state index in [-0.39, 0.29) is 27.9 Å². The molecule has 138 valence electrons. The standard InChI is InChI=1S/C21H13NO6/c22-11-2-5-14-17(8-11)28-18-9-12(23)3-6-15(18)19(14)16-7-10(20(24)25)1-4-13(16)21(26)27/h1-9H,22H2,(H,24,25)(H,26,27)/p+1. The van der Waals surface area contributed by atoms with Crippen LogP contribution < -0.4 is 11.2 Å². The minimum absolute atomic E-state index is 0.0451. The first-order valence-corrected chi connectivity index (χ1v) is 8.29. The van der Waals surface area contributed by atoms with Crippen molar-refractivity contribution in [2.24, 2.45) is 0 Å². The predicted octanol–water partition coefficient (Wildman–Crippen LogP) is 2.83. The van der Waals surface area contributed by atoms with E-state index in [1.54, 1.807) is 24.3 Å². The van der Waals surface area contributed by atoms with Crippen LogP contribution in [0.2, 0.25) is 0 Å². The van der Waals surface area contributed by atoms with Crippen LogP contribution in [0.1, 0.15) is 20.7 Å². The lowest BCUT2D eigenvalue weighted by molar-refractivity contribution is -0.254. The molecule has 4 rings (SSSR count). The van der Waals surface area contributed by atoms with Gasteiger partial charge in [-0.3, -0.25) is 4.79 Å². The number of hydrogen-bond donors (Lipinski definition) is 3. The summed E-state index contributed by atoms with van der Waals surface area (Å²) in [6, 6.07) is 13.2. The summed E-state index contributed by atoms with van der Waals surface area (Å²) in [5, 5.41) is 19.6. The van der Waals surface area contributed by atoms with E-state index in [1.165, 1.54) is 30.3 Å². The monoisotopic (exact) mass is 376 g/mol. The van der Waals surface area contributed by atoms with Crippen LogP contribution in [-0.4, -0.2) is 22.2 Å². The Kier molecular flexibility index (Phi) is 3.94. The predicted molar refractivity (Wildman–Crippen MR) is 101 cm³/mol. The van der Waals surface area contributed by atoms with Crippen LogP contribution in [0, 0.1) is 0 Å². The van der Waals surface area contributed by atoms with Gasteiger partial charge in [-0.1, -0.05) is 0 Å². The minimum atomic E-state index is -1.19. The number of carboxylic acid groups (broad SMARTS) is 2. The summed E-state index contributed by atoms with van der Waals surface area (Å²) in [6.45, 7) is 0. The SMILES string of the molecule is [NH3+]c1ccc2c(-c3cc(C(=O)O)ccc3C(=O)O)c3ccc(=O)cc-3oc2c1. The van der Waals surface area contributed by atoms with E-state index in [2.05, 4.69) is 5.73 Å². The Balaban J connectivity index is 2.22. The van der Waals surface area contributed by atoms with Gasteiger partial charge in [0.25, 0.3) is 0 Å². The molecule has 1 aliphatic carbocycles. The molecule has 1 aliphatic heterocycles. The van der Waals surface area contributed by atoms with E-state index in [0.717, 1.165) is 0 Å². The molecular weight excluding hydrogens is 362 g/mol. The van der Waals surface area contributed by atoms with E-state index in [4.69, 9.17) is 4.42 Å². The highest BCUT2D eigenvalue weighted by atomic mass is 16.4. The van der Waals surface area contributed by atoms with Crippen molar-refractivity contribution in [1.29, 1.82) is 0 Å². The van der Waals surface area contributed by atoms with Crippen LogP contribution in [0.15, 0.2) is 63.8 Å². The van der Waals surface area contributed by atoms with Crippen LogP contribution in [0.4, 0.5) is 5.69 Å². The normalized spacial score (nSPS) is 11.0. The summed E-state index contributed by atoms with van der Waals surface area (Å²) in [4.78, 5) is 35.1. The fourth-order valence-electron chi connectivity index (χ4n) is 3.28. The van der Waals surface area contributed by atoms with Gasteiger partial charge in [0.15, 0.2) is 5.43 Å². The van der Waals surface area contributed by atoms with Gasteiger partial charge in [-0.15, -0.1) is 0 Å². The topological polar surface area (TPSA) is 132 Å². The smallest absolute Gasteiger partial charge is 0.336 e. The summed E-state index contributed by atoms with van der Waals surface area (Å²) in [7, 11) is 0. The Bertz CT molecular complexity index is 1300. The molecule has 2 aromatic carbocycles. The highest BCUT2D eigenvalue weighted by molar-refractivity contribution is 6.08. The third-order valence-corrected chi connectivity index (χ3v) is 4.52. The quantitative estimate of drug-likeness (QED) is 0.471. The first kappa shape index (κ1) is 17.4. The van der Waals surface area contributed by atoms with Crippen LogP contribution in [0.3, 0.4) is 0 Å². The Morgan fingerprint density at radius 3 is 2.36 bits per heavy atom. The van der Waals surface area contributed by atoms with Crippen molar-refractivity contribution in [3.8, 4) is 22.5 Å². The number of carboxylic acids is 2. The number of quaternary nitrogens is 1.